The van der Waals surface area contributed by atoms with Crippen molar-refractivity contribution in [1.29, 1.82) is 0 Å². The Kier molecular flexibility index (Phi) is 1.92. The van der Waals surface area contributed by atoms with Crippen LogP contribution in [-0.2, 0) is 0 Å². The number of anilines is 1. The molecule has 0 amide bonds. The molecule has 3 nitrogen and oxygen atoms in total. The molecule has 4 heteroatoms. The van der Waals surface area contributed by atoms with Crippen LogP contribution in [0.3, 0.4) is 0 Å². The van der Waals surface area contributed by atoms with Crippen LogP contribution >= 0.6 is 15.9 Å². The topological polar surface area (TPSA) is 48.1 Å². The summed E-state index contributed by atoms with van der Waals surface area (Å²) in [5, 5.41) is 0. The van der Waals surface area contributed by atoms with Crippen LogP contribution in [0.4, 0.5) is 5.82 Å². The Morgan fingerprint density at radius 3 is 2.92 bits per heavy atom. The molecule has 0 unspecified atom stereocenters. The monoisotopic (exact) mass is 228 g/mol. The van der Waals surface area contributed by atoms with Gasteiger partial charge in [-0.1, -0.05) is 0 Å². The van der Waals surface area contributed by atoms with Crippen molar-refractivity contribution in [1.82, 2.24) is 4.98 Å². The lowest BCUT2D eigenvalue weighted by Gasteiger charge is -2.04. The van der Waals surface area contributed by atoms with Gasteiger partial charge in [0.2, 0.25) is 0 Å². The molecule has 2 rings (SSSR count). The summed E-state index contributed by atoms with van der Waals surface area (Å²) in [6.45, 7) is 0. The van der Waals surface area contributed by atoms with Crippen molar-refractivity contribution in [3.8, 4) is 5.75 Å². The van der Waals surface area contributed by atoms with Crippen molar-refractivity contribution in [2.24, 2.45) is 0 Å². The van der Waals surface area contributed by atoms with E-state index in [2.05, 4.69) is 20.9 Å². The van der Waals surface area contributed by atoms with Crippen LogP contribution in [0.15, 0.2) is 16.7 Å². The standard InChI is InChI=1S/C8H9BrN2O/c9-7-3-6(4-11-8(7)10)12-5-1-2-5/h3-5H,1-2H2,(H2,10,11). The lowest BCUT2D eigenvalue weighted by Crippen LogP contribution is -1.98. The summed E-state index contributed by atoms with van der Waals surface area (Å²) in [7, 11) is 0. The molecule has 1 aromatic heterocycles. The Bertz CT molecular complexity index is 299. The Labute approximate surface area is 79.1 Å². The Balaban J connectivity index is 2.15. The molecule has 1 aromatic rings. The maximum absolute atomic E-state index is 5.52. The SMILES string of the molecule is Nc1ncc(OC2CC2)cc1Br. The first-order chi connectivity index (χ1) is 5.75. The smallest absolute Gasteiger partial charge is 0.139 e. The van der Waals surface area contributed by atoms with Crippen molar-refractivity contribution in [3.05, 3.63) is 16.7 Å². The fourth-order valence-corrected chi connectivity index (χ4v) is 1.20. The minimum atomic E-state index is 0.405. The fourth-order valence-electron chi connectivity index (χ4n) is 0.874. The Morgan fingerprint density at radius 1 is 1.58 bits per heavy atom. The Hall–Kier alpha value is -0.770. The van der Waals surface area contributed by atoms with Gasteiger partial charge in [-0.3, -0.25) is 0 Å². The zero-order valence-corrected chi connectivity index (χ0v) is 8.04. The van der Waals surface area contributed by atoms with Crippen molar-refractivity contribution >= 4 is 21.7 Å². The molecule has 1 fully saturated rings. The molecule has 0 saturated heterocycles. The molecule has 1 aliphatic rings. The van der Waals surface area contributed by atoms with Crippen molar-refractivity contribution < 1.29 is 4.74 Å². The van der Waals surface area contributed by atoms with E-state index in [-0.39, 0.29) is 0 Å². The van der Waals surface area contributed by atoms with Gasteiger partial charge in [-0.25, -0.2) is 4.98 Å². The maximum Gasteiger partial charge on any atom is 0.139 e. The van der Waals surface area contributed by atoms with Crippen LogP contribution in [-0.4, -0.2) is 11.1 Å². The summed E-state index contributed by atoms with van der Waals surface area (Å²) in [6.07, 6.45) is 4.37. The van der Waals surface area contributed by atoms with Crippen LogP contribution in [0.2, 0.25) is 0 Å². The van der Waals surface area contributed by atoms with E-state index in [9.17, 15) is 0 Å². The van der Waals surface area contributed by atoms with Crippen LogP contribution < -0.4 is 10.5 Å². The number of aromatic nitrogens is 1. The molecular formula is C8H9BrN2O. The largest absolute Gasteiger partial charge is 0.489 e. The van der Waals surface area contributed by atoms with Gasteiger partial charge in [0.1, 0.15) is 11.6 Å². The normalized spacial score (nSPS) is 16.1. The van der Waals surface area contributed by atoms with Crippen LogP contribution in [0.25, 0.3) is 0 Å². The molecule has 64 valence electrons. The van der Waals surface area contributed by atoms with Gasteiger partial charge in [0, 0.05) is 0 Å². The third-order valence-electron chi connectivity index (χ3n) is 1.67. The number of pyridine rings is 1. The van der Waals surface area contributed by atoms with E-state index in [0.717, 1.165) is 23.1 Å². The van der Waals surface area contributed by atoms with Gasteiger partial charge >= 0.3 is 0 Å². The first kappa shape index (κ1) is 7.86. The Morgan fingerprint density at radius 2 is 2.33 bits per heavy atom. The predicted molar refractivity (Wildman–Crippen MR) is 50.0 cm³/mol. The number of hydrogen-bond donors (Lipinski definition) is 1. The van der Waals surface area contributed by atoms with E-state index < -0.39 is 0 Å². The van der Waals surface area contributed by atoms with Gasteiger partial charge in [0.05, 0.1) is 16.8 Å². The lowest BCUT2D eigenvalue weighted by molar-refractivity contribution is 0.302. The average molecular weight is 229 g/mol. The first-order valence-electron chi connectivity index (χ1n) is 3.83. The fraction of sp³-hybridized carbons (Fsp3) is 0.375. The molecule has 0 atom stereocenters. The minimum absolute atomic E-state index is 0.405. The number of nitrogen functional groups attached to an aromatic ring is 1. The van der Waals surface area contributed by atoms with Crippen molar-refractivity contribution in [3.63, 3.8) is 0 Å². The molecule has 12 heavy (non-hydrogen) atoms. The number of nitrogens with two attached hydrogens (primary N) is 1. The maximum atomic E-state index is 5.52. The summed E-state index contributed by atoms with van der Waals surface area (Å²) < 4.78 is 6.31. The second-order valence-corrected chi connectivity index (χ2v) is 3.71. The molecule has 1 saturated carbocycles. The summed E-state index contributed by atoms with van der Waals surface area (Å²) in [6, 6.07) is 1.85. The van der Waals surface area contributed by atoms with Crippen LogP contribution in [0, 0.1) is 0 Å². The average Bonchev–Trinajstić information content (AvgIpc) is 2.81. The first-order valence-corrected chi connectivity index (χ1v) is 4.62. The van der Waals surface area contributed by atoms with Gasteiger partial charge in [0.15, 0.2) is 0 Å². The second kappa shape index (κ2) is 2.94. The van der Waals surface area contributed by atoms with E-state index in [1.54, 1.807) is 6.20 Å². The lowest BCUT2D eigenvalue weighted by atomic mass is 10.4. The van der Waals surface area contributed by atoms with Crippen molar-refractivity contribution in [2.75, 3.05) is 5.73 Å². The predicted octanol–water partition coefficient (Wildman–Crippen LogP) is 1.97. The molecule has 0 aliphatic heterocycles. The van der Waals surface area contributed by atoms with E-state index >= 15 is 0 Å². The summed E-state index contributed by atoms with van der Waals surface area (Å²) in [5.41, 5.74) is 5.52. The molecule has 1 aliphatic carbocycles. The van der Waals surface area contributed by atoms with E-state index in [0.29, 0.717) is 11.9 Å². The molecule has 0 bridgehead atoms. The van der Waals surface area contributed by atoms with Gasteiger partial charge in [-0.15, -0.1) is 0 Å². The number of halogens is 1. The summed E-state index contributed by atoms with van der Waals surface area (Å²) in [5.74, 6) is 1.29. The van der Waals surface area contributed by atoms with E-state index in [4.69, 9.17) is 10.5 Å². The van der Waals surface area contributed by atoms with E-state index in [1.165, 1.54) is 0 Å². The zero-order valence-electron chi connectivity index (χ0n) is 6.46. The summed E-state index contributed by atoms with van der Waals surface area (Å²) in [4.78, 5) is 3.97. The number of ether oxygens (including phenoxy) is 1. The molecule has 1 heterocycles. The minimum Gasteiger partial charge on any atom is -0.489 e. The van der Waals surface area contributed by atoms with Gasteiger partial charge in [-0.2, -0.15) is 0 Å². The van der Waals surface area contributed by atoms with Crippen LogP contribution in [0.5, 0.6) is 5.75 Å². The zero-order chi connectivity index (χ0) is 8.55. The molecule has 0 radical (unpaired) electrons. The quantitative estimate of drug-likeness (QED) is 0.843. The highest BCUT2D eigenvalue weighted by molar-refractivity contribution is 9.10. The van der Waals surface area contributed by atoms with Gasteiger partial charge in [0.25, 0.3) is 0 Å². The number of nitrogens with zero attached hydrogens (tertiary/aromatic N) is 1. The van der Waals surface area contributed by atoms with E-state index in [1.807, 2.05) is 6.07 Å². The van der Waals surface area contributed by atoms with Crippen molar-refractivity contribution in [2.45, 2.75) is 18.9 Å². The van der Waals surface area contributed by atoms with Gasteiger partial charge in [-0.05, 0) is 34.8 Å². The van der Waals surface area contributed by atoms with Gasteiger partial charge < -0.3 is 10.5 Å². The number of rotatable bonds is 2. The third kappa shape index (κ3) is 1.69. The highest BCUT2D eigenvalue weighted by Gasteiger charge is 2.23. The second-order valence-electron chi connectivity index (χ2n) is 2.86. The number of hydrogen-bond acceptors (Lipinski definition) is 3. The summed E-state index contributed by atoms with van der Waals surface area (Å²) >= 11 is 3.29. The third-order valence-corrected chi connectivity index (χ3v) is 2.31. The molecular weight excluding hydrogens is 220 g/mol. The highest BCUT2D eigenvalue weighted by Crippen LogP contribution is 2.29. The molecule has 0 aromatic carbocycles. The molecule has 0 spiro atoms. The molecule has 2 N–H and O–H groups in total. The highest BCUT2D eigenvalue weighted by atomic mass is 79.9. The van der Waals surface area contributed by atoms with Crippen LogP contribution in [0.1, 0.15) is 12.8 Å².